The third kappa shape index (κ3) is 6.11. The number of rotatable bonds is 9. The number of nitrogens with one attached hydrogen (secondary N) is 2. The van der Waals surface area contributed by atoms with Crippen LogP contribution in [0.15, 0.2) is 41.3 Å². The summed E-state index contributed by atoms with van der Waals surface area (Å²) < 4.78 is 59.3. The predicted molar refractivity (Wildman–Crippen MR) is 141 cm³/mol. The summed E-state index contributed by atoms with van der Waals surface area (Å²) in [7, 11) is -2.48. The summed E-state index contributed by atoms with van der Waals surface area (Å²) in [6, 6.07) is 6.67. The molecule has 2 aromatic carbocycles. The maximum Gasteiger partial charge on any atom is 0.255 e. The normalized spacial score (nSPS) is 25.2. The van der Waals surface area contributed by atoms with E-state index in [1.54, 1.807) is 6.92 Å². The second-order valence-electron chi connectivity index (χ2n) is 10.4. The molecule has 2 aliphatic rings. The Balaban J connectivity index is 1.50. The van der Waals surface area contributed by atoms with Crippen molar-refractivity contribution in [1.82, 2.24) is 5.32 Å². The molecule has 0 saturated heterocycles. The van der Waals surface area contributed by atoms with E-state index in [1.807, 2.05) is 0 Å². The highest BCUT2D eigenvalue weighted by Gasteiger charge is 2.56. The lowest BCUT2D eigenvalue weighted by atomic mass is 9.72. The fraction of sp³-hybridized carbons (Fsp3) is 0.481. The molecule has 2 saturated carbocycles. The Kier molecular flexibility index (Phi) is 8.65. The van der Waals surface area contributed by atoms with Gasteiger partial charge in [0.15, 0.2) is 21.5 Å². The Hall–Kier alpha value is -2.60. The van der Waals surface area contributed by atoms with Crippen LogP contribution in [0.25, 0.3) is 0 Å². The van der Waals surface area contributed by atoms with Gasteiger partial charge >= 0.3 is 0 Å². The highest BCUT2D eigenvalue weighted by Crippen LogP contribution is 2.53. The Morgan fingerprint density at radius 3 is 2.41 bits per heavy atom. The molecule has 0 aliphatic heterocycles. The fourth-order valence-electron chi connectivity index (χ4n) is 5.63. The molecule has 2 aliphatic carbocycles. The number of fused-ring (bicyclic) bond motifs is 2. The van der Waals surface area contributed by atoms with Crippen LogP contribution in [0.2, 0.25) is 5.02 Å². The van der Waals surface area contributed by atoms with Gasteiger partial charge in [-0.2, -0.15) is 0 Å². The van der Waals surface area contributed by atoms with Gasteiger partial charge in [0.25, 0.3) is 5.91 Å². The molecule has 0 spiro atoms. The first kappa shape index (κ1) is 29.4. The molecule has 4 rings (SSSR count). The first-order chi connectivity index (χ1) is 18.3. The average Bonchev–Trinajstić information content (AvgIpc) is 3.05. The number of carbonyl (C=O) groups is 2. The van der Waals surface area contributed by atoms with E-state index in [0.717, 1.165) is 12.1 Å². The summed E-state index contributed by atoms with van der Waals surface area (Å²) >= 11 is 6.27. The Bertz CT molecular complexity index is 1360. The van der Waals surface area contributed by atoms with Gasteiger partial charge in [-0.3, -0.25) is 9.59 Å². The number of hydrogen-bond donors (Lipinski definition) is 3. The fourth-order valence-corrected chi connectivity index (χ4v) is 8.03. The molecule has 3 N–H and O–H groups in total. The summed E-state index contributed by atoms with van der Waals surface area (Å²) in [4.78, 5) is 25.1. The molecule has 2 aromatic rings. The van der Waals surface area contributed by atoms with Crippen LogP contribution in [0.5, 0.6) is 0 Å². The second-order valence-corrected chi connectivity index (χ2v) is 13.0. The number of methoxy groups -OCH3 is 1. The molecule has 1 unspecified atom stereocenters. The van der Waals surface area contributed by atoms with Crippen molar-refractivity contribution in [2.75, 3.05) is 19.0 Å². The van der Waals surface area contributed by atoms with Gasteiger partial charge in [0.1, 0.15) is 0 Å². The maximum atomic E-state index is 13.7. The second kappa shape index (κ2) is 11.5. The van der Waals surface area contributed by atoms with E-state index in [1.165, 1.54) is 31.4 Å². The monoisotopic (exact) mass is 584 g/mol. The molecular formula is C27H31ClF2N2O6S. The van der Waals surface area contributed by atoms with Crippen molar-refractivity contribution in [2.24, 2.45) is 11.8 Å². The van der Waals surface area contributed by atoms with Gasteiger partial charge in [0, 0.05) is 31.0 Å². The number of carbonyl (C=O) groups excluding carboxylic acids is 2. The lowest BCUT2D eigenvalue weighted by Crippen LogP contribution is -2.51. The number of ether oxygens (including phenoxy) is 1. The Labute approximate surface area is 231 Å². The minimum atomic E-state index is -4.01. The lowest BCUT2D eigenvalue weighted by molar-refractivity contribution is -0.133. The van der Waals surface area contributed by atoms with Crippen molar-refractivity contribution in [3.8, 4) is 0 Å². The Morgan fingerprint density at radius 2 is 1.79 bits per heavy atom. The van der Waals surface area contributed by atoms with Gasteiger partial charge < -0.3 is 20.5 Å². The molecule has 8 nitrogen and oxygen atoms in total. The molecule has 0 aromatic heterocycles. The molecule has 2 amide bonds. The first-order valence-electron chi connectivity index (χ1n) is 12.7. The van der Waals surface area contributed by atoms with E-state index in [0.29, 0.717) is 19.4 Å². The van der Waals surface area contributed by atoms with Crippen LogP contribution < -0.4 is 10.6 Å². The van der Waals surface area contributed by atoms with E-state index in [9.17, 15) is 31.9 Å². The van der Waals surface area contributed by atoms with E-state index < -0.39 is 38.2 Å². The van der Waals surface area contributed by atoms with Gasteiger partial charge in [-0.25, -0.2) is 17.2 Å². The Morgan fingerprint density at radius 1 is 1.13 bits per heavy atom. The summed E-state index contributed by atoms with van der Waals surface area (Å²) in [6.07, 6.45) is 1.20. The predicted octanol–water partition coefficient (Wildman–Crippen LogP) is 4.11. The summed E-state index contributed by atoms with van der Waals surface area (Å²) in [5.41, 5.74) is -1.33. The molecule has 39 heavy (non-hydrogen) atoms. The number of aliphatic hydroxyl groups is 1. The van der Waals surface area contributed by atoms with Crippen LogP contribution in [0.1, 0.15) is 49.4 Å². The largest absolute Gasteiger partial charge is 0.389 e. The standard InChI is InChI=1S/C27H31ClF2N2O6S/c1-15(38-2)14-31-25(33)13-27(35)17-4-5-18(27)11-20(10-17)39(36,37)24-9-16(3-7-21(24)28)26(34)32-19-6-8-22(29)23(30)12-19/h3,6-9,12,15,17-18,20,35H,4-5,10-11,13-14H2,1-2H3,(H,31,33)(H,32,34)/t15-,17-,18?,20-,27-/m0/s1. The first-order valence-corrected chi connectivity index (χ1v) is 14.6. The van der Waals surface area contributed by atoms with Gasteiger partial charge in [0.05, 0.1) is 33.3 Å². The van der Waals surface area contributed by atoms with Crippen LogP contribution in [0.4, 0.5) is 14.5 Å². The highest BCUT2D eigenvalue weighted by molar-refractivity contribution is 7.92. The lowest BCUT2D eigenvalue weighted by Gasteiger charge is -2.42. The molecule has 12 heteroatoms. The van der Waals surface area contributed by atoms with Gasteiger partial charge in [0.2, 0.25) is 5.91 Å². The van der Waals surface area contributed by atoms with Crippen molar-refractivity contribution < 1.29 is 36.6 Å². The minimum Gasteiger partial charge on any atom is -0.389 e. The van der Waals surface area contributed by atoms with E-state index in [-0.39, 0.29) is 64.3 Å². The quantitative estimate of drug-likeness (QED) is 0.408. The summed E-state index contributed by atoms with van der Waals surface area (Å²) in [6.45, 7) is 2.11. The molecule has 2 bridgehead atoms. The SMILES string of the molecule is CO[C@@H](C)CNC(=O)C[C@@]1(O)C2CC[C@H]1C[C@H](S(=O)(=O)c1cc(C(=O)Nc3ccc(F)c(F)c3)ccc1Cl)C2. The van der Waals surface area contributed by atoms with E-state index >= 15 is 0 Å². The number of benzene rings is 2. The number of halogens is 3. The third-order valence-corrected chi connectivity index (χ3v) is 10.6. The summed E-state index contributed by atoms with van der Waals surface area (Å²) in [5, 5.41) is 15.7. The van der Waals surface area contributed by atoms with Crippen LogP contribution in [0, 0.1) is 23.5 Å². The van der Waals surface area contributed by atoms with Crippen LogP contribution in [-0.2, 0) is 19.4 Å². The molecule has 0 heterocycles. The number of sulfone groups is 1. The van der Waals surface area contributed by atoms with Crippen molar-refractivity contribution in [3.63, 3.8) is 0 Å². The zero-order chi connectivity index (χ0) is 28.5. The van der Waals surface area contributed by atoms with Gasteiger partial charge in [-0.05, 0) is 74.8 Å². The highest BCUT2D eigenvalue weighted by atomic mass is 35.5. The molecular weight excluding hydrogens is 554 g/mol. The summed E-state index contributed by atoms with van der Waals surface area (Å²) in [5.74, 6) is -4.02. The number of amides is 2. The number of anilines is 1. The van der Waals surface area contributed by atoms with Crippen LogP contribution in [-0.4, -0.2) is 55.9 Å². The maximum absolute atomic E-state index is 13.7. The van der Waals surface area contributed by atoms with Crippen LogP contribution in [0.3, 0.4) is 0 Å². The van der Waals surface area contributed by atoms with Crippen molar-refractivity contribution >= 4 is 38.9 Å². The zero-order valence-electron chi connectivity index (χ0n) is 21.5. The molecule has 5 atom stereocenters. The smallest absolute Gasteiger partial charge is 0.255 e. The minimum absolute atomic E-state index is 0.00196. The average molecular weight is 585 g/mol. The van der Waals surface area contributed by atoms with E-state index in [2.05, 4.69) is 10.6 Å². The van der Waals surface area contributed by atoms with Gasteiger partial charge in [-0.15, -0.1) is 0 Å². The third-order valence-electron chi connectivity index (χ3n) is 7.92. The molecule has 2 fully saturated rings. The van der Waals surface area contributed by atoms with Crippen molar-refractivity contribution in [1.29, 1.82) is 0 Å². The van der Waals surface area contributed by atoms with Crippen LogP contribution >= 0.6 is 11.6 Å². The zero-order valence-corrected chi connectivity index (χ0v) is 23.1. The van der Waals surface area contributed by atoms with Crippen molar-refractivity contribution in [2.45, 2.75) is 60.9 Å². The van der Waals surface area contributed by atoms with Crippen molar-refractivity contribution in [3.05, 3.63) is 58.6 Å². The molecule has 0 radical (unpaired) electrons. The number of hydrogen-bond acceptors (Lipinski definition) is 6. The van der Waals surface area contributed by atoms with Gasteiger partial charge in [-0.1, -0.05) is 11.6 Å². The van der Waals surface area contributed by atoms with E-state index in [4.69, 9.17) is 16.3 Å². The topological polar surface area (TPSA) is 122 Å². The molecule has 212 valence electrons.